The molecule has 1 aliphatic rings. The van der Waals surface area contributed by atoms with Crippen molar-refractivity contribution in [3.05, 3.63) is 72.1 Å². The molecule has 0 amide bonds. The van der Waals surface area contributed by atoms with Crippen LogP contribution in [0.3, 0.4) is 0 Å². The monoisotopic (exact) mass is 399 g/mol. The number of fused-ring (bicyclic) bond motifs is 4. The number of benzene rings is 2. The van der Waals surface area contributed by atoms with Crippen LogP contribution < -0.4 is 14.0 Å². The van der Waals surface area contributed by atoms with Gasteiger partial charge in [0.05, 0.1) is 0 Å². The first-order valence-electron chi connectivity index (χ1n) is 10.3. The van der Waals surface area contributed by atoms with E-state index in [-0.39, 0.29) is 12.6 Å². The Bertz CT molecular complexity index is 1290. The smallest absolute Gasteiger partial charge is 0.277 e. The van der Waals surface area contributed by atoms with E-state index in [1.165, 1.54) is 0 Å². The first-order valence-corrected chi connectivity index (χ1v) is 10.3. The van der Waals surface area contributed by atoms with Crippen LogP contribution in [0.25, 0.3) is 27.9 Å². The lowest BCUT2D eigenvalue weighted by molar-refractivity contribution is -0.697. The predicted molar refractivity (Wildman–Crippen MR) is 117 cm³/mol. The Hall–Kier alpha value is -3.60. The van der Waals surface area contributed by atoms with Crippen LogP contribution in [0.4, 0.5) is 0 Å². The van der Waals surface area contributed by atoms with Crippen LogP contribution in [0.1, 0.15) is 35.8 Å². The van der Waals surface area contributed by atoms with Crippen molar-refractivity contribution in [3.63, 3.8) is 0 Å². The summed E-state index contributed by atoms with van der Waals surface area (Å²) in [5.74, 6) is 1.42. The van der Waals surface area contributed by atoms with Gasteiger partial charge in [0.1, 0.15) is 12.1 Å². The van der Waals surface area contributed by atoms with E-state index in [2.05, 4.69) is 28.6 Å². The number of allylic oxidation sites excluding steroid dienone is 1. The van der Waals surface area contributed by atoms with E-state index in [9.17, 15) is 4.79 Å². The van der Waals surface area contributed by atoms with Crippen molar-refractivity contribution in [1.29, 1.82) is 0 Å². The van der Waals surface area contributed by atoms with E-state index in [4.69, 9.17) is 9.47 Å². The van der Waals surface area contributed by atoms with Crippen LogP contribution in [0.15, 0.2) is 60.8 Å². The molecule has 0 bridgehead atoms. The molecule has 150 valence electrons. The lowest BCUT2D eigenvalue weighted by atomic mass is 10.1. The van der Waals surface area contributed by atoms with Crippen LogP contribution in [0, 0.1) is 0 Å². The summed E-state index contributed by atoms with van der Waals surface area (Å²) in [5, 5.41) is 2.20. The number of carbonyl (C=O) groups excluding carboxylic acids is 1. The van der Waals surface area contributed by atoms with Crippen LogP contribution in [-0.2, 0) is 6.54 Å². The third-order valence-corrected chi connectivity index (χ3v) is 5.50. The topological polar surface area (TPSA) is 55.2 Å². The van der Waals surface area contributed by atoms with Gasteiger partial charge in [-0.1, -0.05) is 43.7 Å². The molecule has 0 unspecified atom stereocenters. The number of pyridine rings is 1. The van der Waals surface area contributed by atoms with E-state index >= 15 is 0 Å². The highest BCUT2D eigenvalue weighted by Crippen LogP contribution is 2.33. The molecule has 1 N–H and O–H groups in total. The van der Waals surface area contributed by atoms with E-state index in [0.717, 1.165) is 52.5 Å². The minimum absolute atomic E-state index is 0.0269. The van der Waals surface area contributed by atoms with Crippen LogP contribution in [-0.4, -0.2) is 17.6 Å². The van der Waals surface area contributed by atoms with Gasteiger partial charge < -0.3 is 14.5 Å². The number of nitrogens with one attached hydrogen (secondary N) is 1. The Labute approximate surface area is 174 Å². The van der Waals surface area contributed by atoms with E-state index < -0.39 is 0 Å². The van der Waals surface area contributed by atoms with Gasteiger partial charge in [-0.15, -0.1) is 0 Å². The maximum absolute atomic E-state index is 13.3. The Morgan fingerprint density at radius 1 is 1.10 bits per heavy atom. The number of nitrogens with zero attached hydrogens (tertiary/aromatic N) is 1. The van der Waals surface area contributed by atoms with Gasteiger partial charge in [0.25, 0.3) is 11.5 Å². The van der Waals surface area contributed by atoms with Gasteiger partial charge in [0.15, 0.2) is 17.7 Å². The number of para-hydroxylation sites is 1. The minimum atomic E-state index is -0.0269. The minimum Gasteiger partial charge on any atom is -0.454 e. The summed E-state index contributed by atoms with van der Waals surface area (Å²) in [6, 6.07) is 15.9. The fraction of sp³-hybridized carbons (Fsp3) is 0.200. The molecule has 0 radical (unpaired) electrons. The normalized spacial score (nSPS) is 13.0. The second-order valence-electron chi connectivity index (χ2n) is 7.48. The number of unbranched alkanes of at least 4 members (excludes halogenated alkanes) is 1. The molecule has 2 aromatic heterocycles. The average Bonchev–Trinajstić information content (AvgIpc) is 3.39. The number of carbonyl (C=O) groups is 1. The fourth-order valence-electron chi connectivity index (χ4n) is 3.95. The molecule has 0 saturated carbocycles. The highest BCUT2D eigenvalue weighted by Gasteiger charge is 2.23. The number of ketones is 1. The first kappa shape index (κ1) is 18.4. The molecule has 0 atom stereocenters. The van der Waals surface area contributed by atoms with Gasteiger partial charge in [-0.2, -0.15) is 4.57 Å². The molecule has 4 aromatic rings. The Morgan fingerprint density at radius 2 is 1.97 bits per heavy atom. The lowest BCUT2D eigenvalue weighted by Crippen LogP contribution is -2.40. The third-order valence-electron chi connectivity index (χ3n) is 5.50. The predicted octanol–water partition coefficient (Wildman–Crippen LogP) is 5.03. The molecular formula is C25H23N2O3+. The van der Waals surface area contributed by atoms with Gasteiger partial charge >= 0.3 is 0 Å². The molecule has 5 heteroatoms. The van der Waals surface area contributed by atoms with E-state index in [1.54, 1.807) is 6.08 Å². The second-order valence-corrected chi connectivity index (χ2v) is 7.48. The molecule has 5 rings (SSSR count). The molecule has 3 heterocycles. The molecule has 0 fully saturated rings. The Kier molecular flexibility index (Phi) is 4.71. The summed E-state index contributed by atoms with van der Waals surface area (Å²) in [6.45, 7) is 3.20. The summed E-state index contributed by atoms with van der Waals surface area (Å²) >= 11 is 0. The highest BCUT2D eigenvalue weighted by atomic mass is 16.7. The van der Waals surface area contributed by atoms with Crippen LogP contribution in [0.5, 0.6) is 11.5 Å². The van der Waals surface area contributed by atoms with Gasteiger partial charge in [0, 0.05) is 28.8 Å². The zero-order valence-corrected chi connectivity index (χ0v) is 16.9. The zero-order chi connectivity index (χ0) is 20.5. The van der Waals surface area contributed by atoms with Crippen molar-refractivity contribution in [1.82, 2.24) is 4.98 Å². The van der Waals surface area contributed by atoms with Crippen molar-refractivity contribution in [2.24, 2.45) is 0 Å². The number of hydrogen-bond acceptors (Lipinski definition) is 3. The Morgan fingerprint density at radius 3 is 2.87 bits per heavy atom. The molecular weight excluding hydrogens is 376 g/mol. The number of ether oxygens (including phenoxy) is 2. The Balaban J connectivity index is 1.57. The summed E-state index contributed by atoms with van der Waals surface area (Å²) in [6.07, 6.45) is 7.58. The third kappa shape index (κ3) is 3.22. The molecule has 2 aromatic carbocycles. The average molecular weight is 399 g/mol. The number of rotatable bonds is 6. The number of H-pyrrole nitrogens is 1. The van der Waals surface area contributed by atoms with Crippen molar-refractivity contribution in [3.8, 4) is 11.5 Å². The second kappa shape index (κ2) is 7.67. The molecule has 0 aliphatic carbocycles. The molecule has 5 nitrogen and oxygen atoms in total. The van der Waals surface area contributed by atoms with Crippen LogP contribution >= 0.6 is 0 Å². The summed E-state index contributed by atoms with van der Waals surface area (Å²) < 4.78 is 12.9. The fourth-order valence-corrected chi connectivity index (χ4v) is 3.95. The first-order chi connectivity index (χ1) is 14.7. The van der Waals surface area contributed by atoms with Crippen molar-refractivity contribution in [2.75, 3.05) is 6.79 Å². The number of aromatic amines is 1. The lowest BCUT2D eigenvalue weighted by Gasteiger charge is -2.03. The summed E-state index contributed by atoms with van der Waals surface area (Å²) in [4.78, 5) is 16.8. The molecule has 0 saturated heterocycles. The zero-order valence-electron chi connectivity index (χ0n) is 16.9. The summed E-state index contributed by atoms with van der Waals surface area (Å²) in [5.41, 5.74) is 3.51. The SMILES string of the molecule is CCCC[n+]1ccc2c([nH]c3ccccc32)c1C(=O)/C=C/c1ccc2c(c1)OCO2. The number of hydrogen-bond donors (Lipinski definition) is 1. The van der Waals surface area contributed by atoms with Gasteiger partial charge in [-0.3, -0.25) is 4.79 Å². The number of aromatic nitrogens is 2. The van der Waals surface area contributed by atoms with E-state index in [1.807, 2.05) is 48.7 Å². The molecule has 1 aliphatic heterocycles. The largest absolute Gasteiger partial charge is 0.454 e. The van der Waals surface area contributed by atoms with Crippen molar-refractivity contribution >= 4 is 33.7 Å². The standard InChI is InChI=1S/C25H22N2O3/c1-2-3-13-27-14-12-19-18-6-4-5-7-20(18)26-24(19)25(27)21(28)10-8-17-9-11-22-23(15-17)30-16-29-22/h4-12,14-15H,2-3,13,16H2,1H3/p+1/b10-8+. The van der Waals surface area contributed by atoms with Gasteiger partial charge in [-0.25, -0.2) is 0 Å². The molecule has 30 heavy (non-hydrogen) atoms. The van der Waals surface area contributed by atoms with E-state index in [0.29, 0.717) is 11.4 Å². The highest BCUT2D eigenvalue weighted by molar-refractivity contribution is 6.16. The summed E-state index contributed by atoms with van der Waals surface area (Å²) in [7, 11) is 0. The van der Waals surface area contributed by atoms with Gasteiger partial charge in [0.2, 0.25) is 6.79 Å². The maximum atomic E-state index is 13.3. The number of aryl methyl sites for hydroxylation is 1. The van der Waals surface area contributed by atoms with Crippen molar-refractivity contribution < 1.29 is 18.8 Å². The maximum Gasteiger partial charge on any atom is 0.277 e. The quantitative estimate of drug-likeness (QED) is 0.281. The van der Waals surface area contributed by atoms with Gasteiger partial charge in [-0.05, 0) is 29.8 Å². The van der Waals surface area contributed by atoms with Crippen LogP contribution in [0.2, 0.25) is 0 Å². The van der Waals surface area contributed by atoms with Crippen molar-refractivity contribution in [2.45, 2.75) is 26.3 Å². The molecule has 0 spiro atoms.